The molecular formula is C19H27Cl2N5O. The Kier molecular flexibility index (Phi) is 7.65. The number of hydrogen-bond donors (Lipinski definition) is 2. The molecule has 2 aromatic rings. The van der Waals surface area contributed by atoms with Crippen LogP contribution in [0.25, 0.3) is 0 Å². The summed E-state index contributed by atoms with van der Waals surface area (Å²) < 4.78 is 1.83. The van der Waals surface area contributed by atoms with E-state index in [0.717, 1.165) is 18.4 Å². The van der Waals surface area contributed by atoms with E-state index >= 15 is 0 Å². The lowest BCUT2D eigenvalue weighted by Crippen LogP contribution is -2.48. The fraction of sp³-hybridized carbons (Fsp3) is 0.526. The molecule has 2 saturated carbocycles. The van der Waals surface area contributed by atoms with Gasteiger partial charge in [-0.1, -0.05) is 6.42 Å². The summed E-state index contributed by atoms with van der Waals surface area (Å²) in [5, 5.41) is 7.47. The van der Waals surface area contributed by atoms with Crippen LogP contribution in [0.1, 0.15) is 37.7 Å². The highest BCUT2D eigenvalue weighted by Gasteiger charge is 2.40. The Morgan fingerprint density at radius 2 is 1.81 bits per heavy atom. The van der Waals surface area contributed by atoms with Crippen molar-refractivity contribution in [1.82, 2.24) is 14.8 Å². The number of fused-ring (bicyclic) bond motifs is 2. The highest BCUT2D eigenvalue weighted by atomic mass is 35.5. The van der Waals surface area contributed by atoms with Gasteiger partial charge in [-0.25, -0.2) is 0 Å². The smallest absolute Gasteiger partial charge is 0.228 e. The van der Waals surface area contributed by atoms with E-state index in [9.17, 15) is 4.79 Å². The molecule has 1 amide bonds. The maximum absolute atomic E-state index is 12.7. The predicted molar refractivity (Wildman–Crippen MR) is 110 cm³/mol. The lowest BCUT2D eigenvalue weighted by molar-refractivity contribution is -0.122. The van der Waals surface area contributed by atoms with Crippen molar-refractivity contribution in [2.45, 2.75) is 44.7 Å². The molecule has 148 valence electrons. The molecule has 0 spiro atoms. The first-order valence-corrected chi connectivity index (χ1v) is 9.18. The first-order chi connectivity index (χ1) is 12.2. The minimum Gasteiger partial charge on any atom is -0.327 e. The van der Waals surface area contributed by atoms with E-state index in [2.05, 4.69) is 15.4 Å². The van der Waals surface area contributed by atoms with Gasteiger partial charge >= 0.3 is 0 Å². The number of nitrogens with one attached hydrogen (secondary N) is 1. The molecule has 0 aliphatic heterocycles. The standard InChI is InChI=1S/C19H25N5O.2ClH/c20-18-14-2-1-3-15(18)11-16(10-14)19(25)22-17-6-9-24(23-17)12-13-4-7-21-8-5-13;;/h4-9,14-16,18H,1-3,10-12,20H2,(H,22,23,25);2*1H. The summed E-state index contributed by atoms with van der Waals surface area (Å²) in [5.74, 6) is 1.80. The molecule has 4 rings (SSSR count). The van der Waals surface area contributed by atoms with Crippen LogP contribution < -0.4 is 11.1 Å². The number of carbonyl (C=O) groups is 1. The third-order valence-electron chi connectivity index (χ3n) is 5.77. The second-order valence-corrected chi connectivity index (χ2v) is 7.44. The second-order valence-electron chi connectivity index (χ2n) is 7.44. The van der Waals surface area contributed by atoms with Crippen molar-refractivity contribution in [2.24, 2.45) is 23.5 Å². The minimum atomic E-state index is 0. The van der Waals surface area contributed by atoms with E-state index in [-0.39, 0.29) is 42.7 Å². The van der Waals surface area contributed by atoms with Crippen molar-refractivity contribution in [3.63, 3.8) is 0 Å². The third kappa shape index (κ3) is 5.00. The van der Waals surface area contributed by atoms with Crippen molar-refractivity contribution < 1.29 is 4.79 Å². The zero-order valence-electron chi connectivity index (χ0n) is 15.2. The highest BCUT2D eigenvalue weighted by molar-refractivity contribution is 5.91. The molecule has 2 aliphatic rings. The van der Waals surface area contributed by atoms with Crippen molar-refractivity contribution in [3.05, 3.63) is 42.4 Å². The molecule has 0 radical (unpaired) electrons. The Morgan fingerprint density at radius 3 is 2.48 bits per heavy atom. The number of halogens is 2. The van der Waals surface area contributed by atoms with Crippen molar-refractivity contribution in [2.75, 3.05) is 5.32 Å². The van der Waals surface area contributed by atoms with Crippen LogP contribution in [0.4, 0.5) is 5.82 Å². The molecule has 2 heterocycles. The second kappa shape index (κ2) is 9.53. The van der Waals surface area contributed by atoms with E-state index < -0.39 is 0 Å². The first kappa shape index (κ1) is 21.7. The van der Waals surface area contributed by atoms with Gasteiger partial charge in [0, 0.05) is 36.6 Å². The summed E-state index contributed by atoms with van der Waals surface area (Å²) in [7, 11) is 0. The van der Waals surface area contributed by atoms with Gasteiger partial charge < -0.3 is 11.1 Å². The molecule has 2 aliphatic carbocycles. The van der Waals surface area contributed by atoms with E-state index in [0.29, 0.717) is 24.2 Å². The molecule has 8 heteroatoms. The average Bonchev–Trinajstić information content (AvgIpc) is 3.02. The van der Waals surface area contributed by atoms with Crippen molar-refractivity contribution >= 4 is 36.5 Å². The molecule has 2 bridgehead atoms. The van der Waals surface area contributed by atoms with Crippen LogP contribution >= 0.6 is 24.8 Å². The topological polar surface area (TPSA) is 85.8 Å². The predicted octanol–water partition coefficient (Wildman–Crippen LogP) is 3.26. The summed E-state index contributed by atoms with van der Waals surface area (Å²) >= 11 is 0. The molecule has 2 unspecified atom stereocenters. The molecule has 0 saturated heterocycles. The number of nitrogens with two attached hydrogens (primary N) is 1. The number of hydrogen-bond acceptors (Lipinski definition) is 4. The minimum absolute atomic E-state index is 0. The van der Waals surface area contributed by atoms with Gasteiger partial charge in [-0.2, -0.15) is 5.10 Å². The number of amides is 1. The SMILES string of the molecule is Cl.Cl.NC1C2CCCC1CC(C(=O)Nc1ccn(Cc3ccncc3)n1)C2. The first-order valence-electron chi connectivity index (χ1n) is 9.18. The third-order valence-corrected chi connectivity index (χ3v) is 5.77. The summed E-state index contributed by atoms with van der Waals surface area (Å²) in [4.78, 5) is 16.7. The van der Waals surface area contributed by atoms with Crippen LogP contribution in [0.5, 0.6) is 0 Å². The molecule has 6 nitrogen and oxygen atoms in total. The molecule has 2 atom stereocenters. The fourth-order valence-electron chi connectivity index (χ4n) is 4.42. The van der Waals surface area contributed by atoms with E-state index in [1.807, 2.05) is 29.1 Å². The van der Waals surface area contributed by atoms with Gasteiger partial charge in [-0.05, 0) is 55.2 Å². The zero-order chi connectivity index (χ0) is 17.2. The Morgan fingerprint density at radius 1 is 1.15 bits per heavy atom. The van der Waals surface area contributed by atoms with Gasteiger partial charge in [0.05, 0.1) is 6.54 Å². The number of nitrogens with zero attached hydrogens (tertiary/aromatic N) is 3. The summed E-state index contributed by atoms with van der Waals surface area (Å²) in [5.41, 5.74) is 7.45. The number of aromatic nitrogens is 3. The number of anilines is 1. The maximum Gasteiger partial charge on any atom is 0.228 e. The van der Waals surface area contributed by atoms with Crippen molar-refractivity contribution in [3.8, 4) is 0 Å². The van der Waals surface area contributed by atoms with Gasteiger partial charge in [0.15, 0.2) is 5.82 Å². The maximum atomic E-state index is 12.7. The Balaban J connectivity index is 0.00000131. The van der Waals surface area contributed by atoms with Crippen LogP contribution in [0.3, 0.4) is 0 Å². The fourth-order valence-corrected chi connectivity index (χ4v) is 4.42. The summed E-state index contributed by atoms with van der Waals surface area (Å²) in [6.45, 7) is 0.667. The van der Waals surface area contributed by atoms with Crippen LogP contribution in [0.2, 0.25) is 0 Å². The van der Waals surface area contributed by atoms with Crippen LogP contribution in [0.15, 0.2) is 36.8 Å². The Labute approximate surface area is 172 Å². The largest absolute Gasteiger partial charge is 0.327 e. The average molecular weight is 412 g/mol. The van der Waals surface area contributed by atoms with E-state index in [1.54, 1.807) is 12.4 Å². The van der Waals surface area contributed by atoms with Gasteiger partial charge in [0.25, 0.3) is 0 Å². The van der Waals surface area contributed by atoms with Crippen molar-refractivity contribution in [1.29, 1.82) is 0 Å². The lowest BCUT2D eigenvalue weighted by atomic mass is 9.65. The van der Waals surface area contributed by atoms with E-state index in [4.69, 9.17) is 5.73 Å². The van der Waals surface area contributed by atoms with Gasteiger partial charge in [-0.15, -0.1) is 24.8 Å². The highest BCUT2D eigenvalue weighted by Crippen LogP contribution is 2.42. The monoisotopic (exact) mass is 411 g/mol. The molecule has 0 aromatic carbocycles. The number of rotatable bonds is 4. The number of carbonyl (C=O) groups excluding carboxylic acids is 1. The normalized spacial score (nSPS) is 26.4. The molecule has 27 heavy (non-hydrogen) atoms. The Bertz CT molecular complexity index is 725. The zero-order valence-corrected chi connectivity index (χ0v) is 16.8. The van der Waals surface area contributed by atoms with Crippen LogP contribution in [-0.4, -0.2) is 26.7 Å². The Hall–Kier alpha value is -1.63. The lowest BCUT2D eigenvalue weighted by Gasteiger charge is -2.43. The molecule has 3 N–H and O–H groups in total. The van der Waals surface area contributed by atoms with Crippen LogP contribution in [0, 0.1) is 17.8 Å². The van der Waals surface area contributed by atoms with E-state index in [1.165, 1.54) is 19.3 Å². The van der Waals surface area contributed by atoms with Gasteiger partial charge in [0.2, 0.25) is 5.91 Å². The molecular weight excluding hydrogens is 385 g/mol. The van der Waals surface area contributed by atoms with Crippen LogP contribution in [-0.2, 0) is 11.3 Å². The quantitative estimate of drug-likeness (QED) is 0.807. The van der Waals surface area contributed by atoms with Gasteiger partial charge in [-0.3, -0.25) is 14.5 Å². The molecule has 2 fully saturated rings. The van der Waals surface area contributed by atoms with Gasteiger partial charge in [0.1, 0.15) is 0 Å². The molecule has 2 aromatic heterocycles. The summed E-state index contributed by atoms with van der Waals surface area (Å²) in [6.07, 6.45) is 10.9. The number of pyridine rings is 1. The summed E-state index contributed by atoms with van der Waals surface area (Å²) in [6, 6.07) is 6.07.